The topological polar surface area (TPSA) is 51.2 Å². The molecule has 7 heteroatoms. The van der Waals surface area contributed by atoms with E-state index in [4.69, 9.17) is 0 Å². The van der Waals surface area contributed by atoms with E-state index in [2.05, 4.69) is 15.0 Å². The Hall–Kier alpha value is -2.80. The molecule has 0 fully saturated rings. The van der Waals surface area contributed by atoms with E-state index in [0.29, 0.717) is 5.69 Å². The molecule has 0 saturated heterocycles. The van der Waals surface area contributed by atoms with Crippen LogP contribution in [0.25, 0.3) is 16.3 Å². The molecule has 0 aliphatic carbocycles. The average molecular weight is 346 g/mol. The molecule has 3 aromatic rings. The van der Waals surface area contributed by atoms with Crippen LogP contribution in [-0.4, -0.2) is 17.5 Å². The standard InChI is InChI=1S/C17H12F2N2O2S/c18-17(19)23-12-7-5-11(6-8-12)20-15(22)9-10-16-21-13-3-1-2-4-14(13)24-16/h1-10,17H,(H,20,22)/b10-9+. The predicted molar refractivity (Wildman–Crippen MR) is 90.4 cm³/mol. The highest BCUT2D eigenvalue weighted by atomic mass is 32.1. The molecule has 122 valence electrons. The Morgan fingerprint density at radius 1 is 1.17 bits per heavy atom. The lowest BCUT2D eigenvalue weighted by atomic mass is 10.3. The second kappa shape index (κ2) is 7.18. The number of thiazole rings is 1. The first-order chi connectivity index (χ1) is 11.6. The number of amides is 1. The van der Waals surface area contributed by atoms with Gasteiger partial charge in [-0.1, -0.05) is 12.1 Å². The molecule has 0 saturated carbocycles. The first-order valence-electron chi connectivity index (χ1n) is 7.00. The number of aromatic nitrogens is 1. The fourth-order valence-electron chi connectivity index (χ4n) is 2.01. The van der Waals surface area contributed by atoms with E-state index in [9.17, 15) is 13.6 Å². The van der Waals surface area contributed by atoms with Crippen molar-refractivity contribution in [2.75, 3.05) is 5.32 Å². The molecule has 0 spiro atoms. The first kappa shape index (κ1) is 16.1. The average Bonchev–Trinajstić information content (AvgIpc) is 2.97. The van der Waals surface area contributed by atoms with Crippen molar-refractivity contribution in [1.29, 1.82) is 0 Å². The molecule has 0 atom stereocenters. The predicted octanol–water partition coefficient (Wildman–Crippen LogP) is 4.55. The van der Waals surface area contributed by atoms with Crippen molar-refractivity contribution in [3.8, 4) is 5.75 Å². The van der Waals surface area contributed by atoms with E-state index in [1.54, 1.807) is 6.08 Å². The first-order valence-corrected chi connectivity index (χ1v) is 7.81. The Kier molecular flexibility index (Phi) is 4.81. The van der Waals surface area contributed by atoms with Crippen LogP contribution in [0.4, 0.5) is 14.5 Å². The number of carbonyl (C=O) groups is 1. The van der Waals surface area contributed by atoms with Gasteiger partial charge in [0.05, 0.1) is 10.2 Å². The zero-order valence-corrected chi connectivity index (χ0v) is 13.1. The van der Waals surface area contributed by atoms with E-state index in [0.717, 1.165) is 15.2 Å². The molecule has 0 radical (unpaired) electrons. The lowest BCUT2D eigenvalue weighted by Crippen LogP contribution is -2.07. The van der Waals surface area contributed by atoms with Crippen LogP contribution in [0.15, 0.2) is 54.6 Å². The van der Waals surface area contributed by atoms with Crippen LogP contribution in [0.1, 0.15) is 5.01 Å². The van der Waals surface area contributed by atoms with Gasteiger partial charge in [0.1, 0.15) is 10.8 Å². The van der Waals surface area contributed by atoms with Crippen LogP contribution in [-0.2, 0) is 4.79 Å². The van der Waals surface area contributed by atoms with Crippen molar-refractivity contribution in [2.45, 2.75) is 6.61 Å². The van der Waals surface area contributed by atoms with E-state index >= 15 is 0 Å². The Morgan fingerprint density at radius 3 is 2.62 bits per heavy atom. The molecule has 1 N–H and O–H groups in total. The summed E-state index contributed by atoms with van der Waals surface area (Å²) in [5.74, 6) is -0.301. The number of carbonyl (C=O) groups excluding carboxylic acids is 1. The number of ether oxygens (including phenoxy) is 1. The lowest BCUT2D eigenvalue weighted by Gasteiger charge is -2.06. The third-order valence-electron chi connectivity index (χ3n) is 3.03. The minimum atomic E-state index is -2.87. The SMILES string of the molecule is O=C(/C=C/c1nc2ccccc2s1)Nc1ccc(OC(F)F)cc1. The number of rotatable bonds is 5. The second-order valence-corrected chi connectivity index (χ2v) is 5.81. The van der Waals surface area contributed by atoms with Crippen LogP contribution < -0.4 is 10.1 Å². The lowest BCUT2D eigenvalue weighted by molar-refractivity contribution is -0.111. The molecular formula is C17H12F2N2O2S. The fourth-order valence-corrected chi connectivity index (χ4v) is 2.88. The maximum Gasteiger partial charge on any atom is 0.387 e. The minimum Gasteiger partial charge on any atom is -0.435 e. The number of para-hydroxylation sites is 1. The molecule has 2 aromatic carbocycles. The van der Waals surface area contributed by atoms with E-state index in [1.165, 1.54) is 41.7 Å². The molecule has 1 aromatic heterocycles. The van der Waals surface area contributed by atoms with Gasteiger partial charge in [0.2, 0.25) is 5.91 Å². The molecule has 3 rings (SSSR count). The summed E-state index contributed by atoms with van der Waals surface area (Å²) in [6.07, 6.45) is 3.01. The van der Waals surface area contributed by atoms with Crippen molar-refractivity contribution in [1.82, 2.24) is 4.98 Å². The number of hydrogen-bond donors (Lipinski definition) is 1. The second-order valence-electron chi connectivity index (χ2n) is 4.75. The smallest absolute Gasteiger partial charge is 0.387 e. The quantitative estimate of drug-likeness (QED) is 0.690. The summed E-state index contributed by atoms with van der Waals surface area (Å²) in [5, 5.41) is 3.36. The van der Waals surface area contributed by atoms with Gasteiger partial charge < -0.3 is 10.1 Å². The van der Waals surface area contributed by atoms with E-state index < -0.39 is 6.61 Å². The van der Waals surface area contributed by atoms with Crippen LogP contribution in [0.3, 0.4) is 0 Å². The van der Waals surface area contributed by atoms with Crippen LogP contribution >= 0.6 is 11.3 Å². The largest absolute Gasteiger partial charge is 0.435 e. The van der Waals surface area contributed by atoms with Gasteiger partial charge >= 0.3 is 6.61 Å². The van der Waals surface area contributed by atoms with Gasteiger partial charge in [0.25, 0.3) is 0 Å². The summed E-state index contributed by atoms with van der Waals surface area (Å²) in [6.45, 7) is -2.87. The molecule has 24 heavy (non-hydrogen) atoms. The summed E-state index contributed by atoms with van der Waals surface area (Å²) in [7, 11) is 0. The highest BCUT2D eigenvalue weighted by Crippen LogP contribution is 2.22. The molecule has 0 unspecified atom stereocenters. The molecule has 0 aliphatic heterocycles. The maximum absolute atomic E-state index is 12.1. The third kappa shape index (κ3) is 4.14. The number of alkyl halides is 2. The number of benzene rings is 2. The Labute approximate surface area is 140 Å². The van der Waals surface area contributed by atoms with Gasteiger partial charge in [0, 0.05) is 11.8 Å². The molecule has 1 amide bonds. The molecule has 0 aliphatic rings. The monoisotopic (exact) mass is 346 g/mol. The molecule has 0 bridgehead atoms. The highest BCUT2D eigenvalue weighted by Gasteiger charge is 2.05. The highest BCUT2D eigenvalue weighted by molar-refractivity contribution is 7.19. The van der Waals surface area contributed by atoms with Crippen molar-refractivity contribution >= 4 is 39.2 Å². The van der Waals surface area contributed by atoms with Crippen molar-refractivity contribution in [3.63, 3.8) is 0 Å². The summed E-state index contributed by atoms with van der Waals surface area (Å²) in [5.41, 5.74) is 1.37. The van der Waals surface area contributed by atoms with Gasteiger partial charge in [-0.25, -0.2) is 4.98 Å². The van der Waals surface area contributed by atoms with Crippen LogP contribution in [0.2, 0.25) is 0 Å². The number of nitrogens with one attached hydrogen (secondary N) is 1. The zero-order valence-electron chi connectivity index (χ0n) is 12.3. The van der Waals surface area contributed by atoms with Gasteiger partial charge in [0.15, 0.2) is 0 Å². The molecule has 4 nitrogen and oxygen atoms in total. The number of fused-ring (bicyclic) bond motifs is 1. The maximum atomic E-state index is 12.1. The van der Waals surface area contributed by atoms with Gasteiger partial charge in [-0.2, -0.15) is 8.78 Å². The van der Waals surface area contributed by atoms with Gasteiger partial charge in [-0.3, -0.25) is 4.79 Å². The Morgan fingerprint density at radius 2 is 1.92 bits per heavy atom. The Balaban J connectivity index is 1.62. The summed E-state index contributed by atoms with van der Waals surface area (Å²) in [6, 6.07) is 13.4. The Bertz CT molecular complexity index is 843. The van der Waals surface area contributed by atoms with E-state index in [-0.39, 0.29) is 11.7 Å². The summed E-state index contributed by atoms with van der Waals surface area (Å²) in [4.78, 5) is 16.3. The number of hydrogen-bond acceptors (Lipinski definition) is 4. The third-order valence-corrected chi connectivity index (χ3v) is 4.04. The van der Waals surface area contributed by atoms with Gasteiger partial charge in [-0.05, 0) is 42.5 Å². The number of anilines is 1. The summed E-state index contributed by atoms with van der Waals surface area (Å²) >= 11 is 1.49. The van der Waals surface area contributed by atoms with Crippen molar-refractivity contribution < 1.29 is 18.3 Å². The van der Waals surface area contributed by atoms with Crippen LogP contribution in [0, 0.1) is 0 Å². The minimum absolute atomic E-state index is 0.0352. The van der Waals surface area contributed by atoms with Crippen molar-refractivity contribution in [2.24, 2.45) is 0 Å². The van der Waals surface area contributed by atoms with Gasteiger partial charge in [-0.15, -0.1) is 11.3 Å². The molecule has 1 heterocycles. The van der Waals surface area contributed by atoms with E-state index in [1.807, 2.05) is 24.3 Å². The number of halogens is 2. The zero-order chi connectivity index (χ0) is 16.9. The van der Waals surface area contributed by atoms with Crippen molar-refractivity contribution in [3.05, 3.63) is 59.6 Å². The fraction of sp³-hybridized carbons (Fsp3) is 0.0588. The summed E-state index contributed by atoms with van der Waals surface area (Å²) < 4.78 is 29.4. The normalized spacial score (nSPS) is 11.3. The number of nitrogens with zero attached hydrogens (tertiary/aromatic N) is 1. The molecular weight excluding hydrogens is 334 g/mol. The van der Waals surface area contributed by atoms with Crippen LogP contribution in [0.5, 0.6) is 5.75 Å².